The van der Waals surface area contributed by atoms with Crippen LogP contribution in [0.1, 0.15) is 25.0 Å². The van der Waals surface area contributed by atoms with Gasteiger partial charge in [0.25, 0.3) is 5.91 Å². The third kappa shape index (κ3) is 5.66. The number of anilines is 2. The molecule has 36 heavy (non-hydrogen) atoms. The van der Waals surface area contributed by atoms with Crippen molar-refractivity contribution in [1.82, 2.24) is 0 Å². The van der Waals surface area contributed by atoms with Crippen molar-refractivity contribution >= 4 is 29.3 Å². The molecule has 0 bridgehead atoms. The van der Waals surface area contributed by atoms with Gasteiger partial charge in [0.1, 0.15) is 11.6 Å². The fourth-order valence-electron chi connectivity index (χ4n) is 3.84. The number of ether oxygens (including phenoxy) is 3. The number of methoxy groups -OCH3 is 1. The van der Waals surface area contributed by atoms with Crippen LogP contribution in [0.2, 0.25) is 0 Å². The summed E-state index contributed by atoms with van der Waals surface area (Å²) in [6, 6.07) is 16.5. The van der Waals surface area contributed by atoms with E-state index in [1.54, 1.807) is 67.5 Å². The summed E-state index contributed by atoms with van der Waals surface area (Å²) in [6.45, 7) is 4.34. The summed E-state index contributed by atoms with van der Waals surface area (Å²) in [6.07, 6.45) is 2.42. The Kier molecular flexibility index (Phi) is 7.53. The maximum Gasteiger partial charge on any atom is 0.268 e. The van der Waals surface area contributed by atoms with E-state index in [0.29, 0.717) is 35.2 Å². The first kappa shape index (κ1) is 24.8. The molecule has 186 valence electrons. The largest absolute Gasteiger partial charge is 0.493 e. The minimum Gasteiger partial charge on any atom is -0.493 e. The van der Waals surface area contributed by atoms with E-state index in [2.05, 4.69) is 5.32 Å². The van der Waals surface area contributed by atoms with Crippen molar-refractivity contribution in [2.45, 2.75) is 26.5 Å². The molecule has 1 aliphatic rings. The third-order valence-electron chi connectivity index (χ3n) is 5.60. The Hall–Kier alpha value is -4.33. The second-order valence-corrected chi connectivity index (χ2v) is 8.16. The molecule has 0 aromatic heterocycles. The van der Waals surface area contributed by atoms with Crippen LogP contribution in [-0.2, 0) is 16.1 Å². The van der Waals surface area contributed by atoms with Crippen LogP contribution in [0.5, 0.6) is 17.2 Å². The number of nitrogens with zero attached hydrogens (tertiary/aromatic N) is 1. The lowest BCUT2D eigenvalue weighted by atomic mass is 10.1. The van der Waals surface area contributed by atoms with Gasteiger partial charge < -0.3 is 24.4 Å². The number of amides is 2. The van der Waals surface area contributed by atoms with E-state index in [4.69, 9.17) is 14.2 Å². The van der Waals surface area contributed by atoms with Crippen molar-refractivity contribution in [2.75, 3.05) is 23.9 Å². The highest BCUT2D eigenvalue weighted by Crippen LogP contribution is 2.37. The smallest absolute Gasteiger partial charge is 0.268 e. The number of rotatable bonds is 8. The normalized spacial score (nSPS) is 14.8. The molecule has 0 fully saturated rings. The standard InChI is InChI=1S/C28H27FN2O5/c1-4-35-25-12-7-19(15-26(25)34-3)8-14-27(32)30-22-11-13-24-23(16-22)31(28(33)18(2)36-24)17-20-5-9-21(29)10-6-20/h5-16,18H,4,17H2,1-3H3,(H,30,32)/b14-8+. The quantitative estimate of drug-likeness (QED) is 0.439. The minimum absolute atomic E-state index is 0.223. The third-order valence-corrected chi connectivity index (χ3v) is 5.60. The highest BCUT2D eigenvalue weighted by Gasteiger charge is 2.31. The van der Waals surface area contributed by atoms with Crippen molar-refractivity contribution in [2.24, 2.45) is 0 Å². The molecule has 1 unspecified atom stereocenters. The second-order valence-electron chi connectivity index (χ2n) is 8.16. The van der Waals surface area contributed by atoms with Gasteiger partial charge in [0.2, 0.25) is 5.91 Å². The van der Waals surface area contributed by atoms with Gasteiger partial charge in [-0.15, -0.1) is 0 Å². The Bertz CT molecular complexity index is 1290. The zero-order valence-corrected chi connectivity index (χ0v) is 20.3. The number of nitrogens with one attached hydrogen (secondary N) is 1. The number of carbonyl (C=O) groups excluding carboxylic acids is 2. The molecule has 0 saturated heterocycles. The van der Waals surface area contributed by atoms with Gasteiger partial charge in [-0.25, -0.2) is 4.39 Å². The van der Waals surface area contributed by atoms with E-state index < -0.39 is 6.10 Å². The van der Waals surface area contributed by atoms with Gasteiger partial charge in [0.05, 0.1) is 25.9 Å². The van der Waals surface area contributed by atoms with Crippen LogP contribution in [0.15, 0.2) is 66.7 Å². The maximum absolute atomic E-state index is 13.3. The number of fused-ring (bicyclic) bond motifs is 1. The average Bonchev–Trinajstić information content (AvgIpc) is 2.87. The number of hydrogen-bond donors (Lipinski definition) is 1. The maximum atomic E-state index is 13.3. The summed E-state index contributed by atoms with van der Waals surface area (Å²) in [5, 5.41) is 2.82. The number of halogens is 1. The molecule has 4 rings (SSSR count). The van der Waals surface area contributed by atoms with Crippen molar-refractivity contribution in [1.29, 1.82) is 0 Å². The van der Waals surface area contributed by atoms with Crippen molar-refractivity contribution in [3.05, 3.63) is 83.7 Å². The highest BCUT2D eigenvalue weighted by molar-refractivity contribution is 6.04. The number of benzene rings is 3. The lowest BCUT2D eigenvalue weighted by molar-refractivity contribution is -0.125. The molecule has 0 saturated carbocycles. The molecule has 7 nitrogen and oxygen atoms in total. The van der Waals surface area contributed by atoms with E-state index in [9.17, 15) is 14.0 Å². The molecule has 8 heteroatoms. The van der Waals surface area contributed by atoms with Crippen LogP contribution < -0.4 is 24.4 Å². The second kappa shape index (κ2) is 10.9. The van der Waals surface area contributed by atoms with Crippen LogP contribution in [-0.4, -0.2) is 31.6 Å². The Labute approximate surface area is 209 Å². The molecular weight excluding hydrogens is 463 g/mol. The first-order valence-electron chi connectivity index (χ1n) is 11.5. The summed E-state index contributed by atoms with van der Waals surface area (Å²) in [4.78, 5) is 27.1. The predicted molar refractivity (Wildman–Crippen MR) is 136 cm³/mol. The monoisotopic (exact) mass is 490 g/mol. The highest BCUT2D eigenvalue weighted by atomic mass is 19.1. The molecule has 1 atom stereocenters. The molecule has 0 spiro atoms. The van der Waals surface area contributed by atoms with Gasteiger partial charge in [-0.3, -0.25) is 9.59 Å². The molecular formula is C28H27FN2O5. The Morgan fingerprint density at radius 1 is 1.11 bits per heavy atom. The Morgan fingerprint density at radius 2 is 1.89 bits per heavy atom. The van der Waals surface area contributed by atoms with Crippen molar-refractivity contribution < 1.29 is 28.2 Å². The molecule has 2 amide bonds. The number of hydrogen-bond acceptors (Lipinski definition) is 5. The first-order chi connectivity index (χ1) is 17.4. The van der Waals surface area contributed by atoms with Gasteiger partial charge in [-0.1, -0.05) is 18.2 Å². The average molecular weight is 491 g/mol. The summed E-state index contributed by atoms with van der Waals surface area (Å²) in [5.74, 6) is 0.826. The van der Waals surface area contributed by atoms with Crippen LogP contribution in [0.25, 0.3) is 6.08 Å². The molecule has 1 aliphatic heterocycles. The minimum atomic E-state index is -0.660. The predicted octanol–water partition coefficient (Wildman–Crippen LogP) is 5.20. The van der Waals surface area contributed by atoms with Crippen LogP contribution in [0.3, 0.4) is 0 Å². The fourth-order valence-corrected chi connectivity index (χ4v) is 3.84. The van der Waals surface area contributed by atoms with Gasteiger partial charge in [0, 0.05) is 11.8 Å². The SMILES string of the molecule is CCOc1ccc(/C=C/C(=O)Nc2ccc3c(c2)N(Cc2ccc(F)cc2)C(=O)C(C)O3)cc1OC. The zero-order valence-electron chi connectivity index (χ0n) is 20.3. The lowest BCUT2D eigenvalue weighted by Crippen LogP contribution is -2.44. The van der Waals surface area contributed by atoms with E-state index in [1.807, 2.05) is 13.0 Å². The van der Waals surface area contributed by atoms with Gasteiger partial charge >= 0.3 is 0 Å². The van der Waals surface area contributed by atoms with Crippen LogP contribution in [0.4, 0.5) is 15.8 Å². The molecule has 0 radical (unpaired) electrons. The molecule has 1 N–H and O–H groups in total. The van der Waals surface area contributed by atoms with Crippen molar-refractivity contribution in [3.63, 3.8) is 0 Å². The Balaban J connectivity index is 1.51. The summed E-state index contributed by atoms with van der Waals surface area (Å²) in [7, 11) is 1.56. The van der Waals surface area contributed by atoms with Crippen LogP contribution >= 0.6 is 0 Å². The summed E-state index contributed by atoms with van der Waals surface area (Å²) < 4.78 is 29.9. The zero-order chi connectivity index (χ0) is 25.7. The summed E-state index contributed by atoms with van der Waals surface area (Å²) >= 11 is 0. The molecule has 1 heterocycles. The van der Waals surface area contributed by atoms with Gasteiger partial charge in [0.15, 0.2) is 17.6 Å². The molecule has 3 aromatic carbocycles. The fraction of sp³-hybridized carbons (Fsp3) is 0.214. The lowest BCUT2D eigenvalue weighted by Gasteiger charge is -2.33. The summed E-state index contributed by atoms with van der Waals surface area (Å²) in [5.41, 5.74) is 2.57. The van der Waals surface area contributed by atoms with E-state index in [-0.39, 0.29) is 24.2 Å². The van der Waals surface area contributed by atoms with Crippen molar-refractivity contribution in [3.8, 4) is 17.2 Å². The molecule has 0 aliphatic carbocycles. The van der Waals surface area contributed by atoms with E-state index in [1.165, 1.54) is 18.2 Å². The van der Waals surface area contributed by atoms with E-state index in [0.717, 1.165) is 11.1 Å². The molecule has 3 aromatic rings. The number of carbonyl (C=O) groups is 2. The Morgan fingerprint density at radius 3 is 2.61 bits per heavy atom. The van der Waals surface area contributed by atoms with Gasteiger partial charge in [-0.05, 0) is 73.5 Å². The topological polar surface area (TPSA) is 77.1 Å². The van der Waals surface area contributed by atoms with Gasteiger partial charge in [-0.2, -0.15) is 0 Å². The van der Waals surface area contributed by atoms with Crippen LogP contribution in [0, 0.1) is 5.82 Å². The first-order valence-corrected chi connectivity index (χ1v) is 11.5. The van der Waals surface area contributed by atoms with E-state index >= 15 is 0 Å².